The first-order chi connectivity index (χ1) is 12.5. The molecule has 2 aromatic carbocycles. The van der Waals surface area contributed by atoms with Crippen LogP contribution in [-0.2, 0) is 6.54 Å². The lowest BCUT2D eigenvalue weighted by molar-refractivity contribution is 0.0950. The van der Waals surface area contributed by atoms with Crippen molar-refractivity contribution in [3.8, 4) is 11.6 Å². The third-order valence-electron chi connectivity index (χ3n) is 4.02. The zero-order valence-corrected chi connectivity index (χ0v) is 15.6. The number of nitrogens with zero attached hydrogens (tertiary/aromatic N) is 1. The molecule has 0 atom stereocenters. The van der Waals surface area contributed by atoms with E-state index in [1.165, 1.54) is 11.8 Å². The third-order valence-corrected chi connectivity index (χ3v) is 4.39. The largest absolute Gasteiger partial charge is 0.438 e. The number of amides is 1. The van der Waals surface area contributed by atoms with E-state index in [1.54, 1.807) is 12.1 Å². The predicted molar refractivity (Wildman–Crippen MR) is 105 cm³/mol. The second kappa shape index (κ2) is 8.06. The summed E-state index contributed by atoms with van der Waals surface area (Å²) in [6.07, 6.45) is 1.51. The average Bonchev–Trinajstić information content (AvgIpc) is 2.63. The molecule has 0 aliphatic carbocycles. The van der Waals surface area contributed by atoms with E-state index < -0.39 is 0 Å². The van der Waals surface area contributed by atoms with Crippen molar-refractivity contribution in [2.75, 3.05) is 0 Å². The van der Waals surface area contributed by atoms with Crippen LogP contribution in [0.4, 0.5) is 0 Å². The summed E-state index contributed by atoms with van der Waals surface area (Å²) in [6.45, 7) is 4.58. The van der Waals surface area contributed by atoms with Crippen molar-refractivity contribution in [3.63, 3.8) is 0 Å². The Morgan fingerprint density at radius 1 is 1.12 bits per heavy atom. The zero-order valence-electron chi connectivity index (χ0n) is 14.7. The lowest BCUT2D eigenvalue weighted by atomic mass is 10.1. The van der Waals surface area contributed by atoms with Gasteiger partial charge in [-0.05, 0) is 43.2 Å². The number of aryl methyl sites for hydroxylation is 2. The number of carbonyl (C=O) groups excluding carboxylic acids is 1. The summed E-state index contributed by atoms with van der Waals surface area (Å²) in [7, 11) is 0. The molecule has 0 unspecified atom stereocenters. The van der Waals surface area contributed by atoms with Crippen LogP contribution < -0.4 is 10.1 Å². The van der Waals surface area contributed by atoms with Crippen molar-refractivity contribution in [2.24, 2.45) is 0 Å². The lowest BCUT2D eigenvalue weighted by Crippen LogP contribution is -2.23. The molecule has 0 bridgehead atoms. The molecule has 1 aromatic heterocycles. The Morgan fingerprint density at radius 3 is 2.62 bits per heavy atom. The highest BCUT2D eigenvalue weighted by Crippen LogP contribution is 2.26. The number of ether oxygens (including phenoxy) is 1. The number of thiol groups is 1. The van der Waals surface area contributed by atoms with E-state index in [0.29, 0.717) is 23.7 Å². The van der Waals surface area contributed by atoms with Gasteiger partial charge in [-0.25, -0.2) is 4.98 Å². The standard InChI is InChI=1S/C21H20N2O2S/c1-14-7-8-16(15(2)11-14)12-23-21(24)17-9-10-20(22-13-17)25-18-5-3-4-6-19(18)26/h3-11,13,26H,12H2,1-2H3,(H,23,24). The van der Waals surface area contributed by atoms with Gasteiger partial charge in [0.15, 0.2) is 0 Å². The minimum Gasteiger partial charge on any atom is -0.438 e. The molecule has 1 N–H and O–H groups in total. The van der Waals surface area contributed by atoms with Crippen LogP contribution in [0.5, 0.6) is 11.6 Å². The number of pyridine rings is 1. The number of hydrogen-bond acceptors (Lipinski definition) is 4. The molecule has 4 nitrogen and oxygen atoms in total. The smallest absolute Gasteiger partial charge is 0.253 e. The second-order valence-corrected chi connectivity index (χ2v) is 6.55. The number of benzene rings is 2. The van der Waals surface area contributed by atoms with Crippen LogP contribution in [0.2, 0.25) is 0 Å². The molecule has 0 spiro atoms. The minimum atomic E-state index is -0.168. The minimum absolute atomic E-state index is 0.168. The van der Waals surface area contributed by atoms with Gasteiger partial charge >= 0.3 is 0 Å². The molecule has 132 valence electrons. The van der Waals surface area contributed by atoms with E-state index in [0.717, 1.165) is 16.0 Å². The summed E-state index contributed by atoms with van der Waals surface area (Å²) in [5.74, 6) is 0.867. The summed E-state index contributed by atoms with van der Waals surface area (Å²) < 4.78 is 5.68. The van der Waals surface area contributed by atoms with Crippen LogP contribution in [0.15, 0.2) is 65.7 Å². The maximum atomic E-state index is 12.3. The Labute approximate surface area is 158 Å². The maximum Gasteiger partial charge on any atom is 0.253 e. The SMILES string of the molecule is Cc1ccc(CNC(=O)c2ccc(Oc3ccccc3S)nc2)c(C)c1. The van der Waals surface area contributed by atoms with Crippen molar-refractivity contribution in [1.82, 2.24) is 10.3 Å². The number of para-hydroxylation sites is 1. The van der Waals surface area contributed by atoms with Gasteiger partial charge in [0.1, 0.15) is 5.75 Å². The molecule has 3 rings (SSSR count). The first-order valence-electron chi connectivity index (χ1n) is 8.29. The number of hydrogen-bond donors (Lipinski definition) is 2. The van der Waals surface area contributed by atoms with E-state index in [1.807, 2.05) is 43.3 Å². The zero-order chi connectivity index (χ0) is 18.5. The topological polar surface area (TPSA) is 51.2 Å². The summed E-state index contributed by atoms with van der Waals surface area (Å²) in [6, 6.07) is 17.0. The van der Waals surface area contributed by atoms with Crippen molar-refractivity contribution in [3.05, 3.63) is 83.0 Å². The average molecular weight is 364 g/mol. The predicted octanol–water partition coefficient (Wildman–Crippen LogP) is 4.71. The van der Waals surface area contributed by atoms with Crippen LogP contribution in [0, 0.1) is 13.8 Å². The van der Waals surface area contributed by atoms with Crippen molar-refractivity contribution in [2.45, 2.75) is 25.3 Å². The Kier molecular flexibility index (Phi) is 5.58. The highest BCUT2D eigenvalue weighted by atomic mass is 32.1. The molecule has 0 fully saturated rings. The van der Waals surface area contributed by atoms with E-state index in [4.69, 9.17) is 4.74 Å². The quantitative estimate of drug-likeness (QED) is 0.645. The van der Waals surface area contributed by atoms with Gasteiger partial charge in [0, 0.05) is 23.7 Å². The number of nitrogens with one attached hydrogen (secondary N) is 1. The number of aromatic nitrogens is 1. The van der Waals surface area contributed by atoms with Crippen LogP contribution in [0.3, 0.4) is 0 Å². The molecule has 1 heterocycles. The molecule has 1 amide bonds. The van der Waals surface area contributed by atoms with Gasteiger partial charge in [0.2, 0.25) is 5.88 Å². The Hall–Kier alpha value is -2.79. The molecular weight excluding hydrogens is 344 g/mol. The van der Waals surface area contributed by atoms with Crippen LogP contribution in [0.1, 0.15) is 27.0 Å². The van der Waals surface area contributed by atoms with Gasteiger partial charge in [-0.2, -0.15) is 0 Å². The fourth-order valence-corrected chi connectivity index (χ4v) is 2.76. The Morgan fingerprint density at radius 2 is 1.92 bits per heavy atom. The highest BCUT2D eigenvalue weighted by Gasteiger charge is 2.08. The van der Waals surface area contributed by atoms with Gasteiger partial charge in [-0.3, -0.25) is 4.79 Å². The molecule has 0 saturated carbocycles. The number of rotatable bonds is 5. The van der Waals surface area contributed by atoms with Crippen molar-refractivity contribution < 1.29 is 9.53 Å². The van der Waals surface area contributed by atoms with Crippen molar-refractivity contribution in [1.29, 1.82) is 0 Å². The van der Waals surface area contributed by atoms with Crippen LogP contribution in [0.25, 0.3) is 0 Å². The van der Waals surface area contributed by atoms with Crippen molar-refractivity contribution >= 4 is 18.5 Å². The molecule has 3 aromatic rings. The van der Waals surface area contributed by atoms with Gasteiger partial charge < -0.3 is 10.1 Å². The first-order valence-corrected chi connectivity index (χ1v) is 8.74. The van der Waals surface area contributed by atoms with Gasteiger partial charge in [0.05, 0.1) is 5.56 Å². The molecule has 0 radical (unpaired) electrons. The molecule has 0 aliphatic rings. The molecular formula is C21H20N2O2S. The Balaban J connectivity index is 1.62. The van der Waals surface area contributed by atoms with Gasteiger partial charge in [-0.15, -0.1) is 12.6 Å². The molecule has 26 heavy (non-hydrogen) atoms. The van der Waals surface area contributed by atoms with E-state index >= 15 is 0 Å². The van der Waals surface area contributed by atoms with Crippen LogP contribution in [-0.4, -0.2) is 10.9 Å². The van der Waals surface area contributed by atoms with Crippen LogP contribution >= 0.6 is 12.6 Å². The highest BCUT2D eigenvalue weighted by molar-refractivity contribution is 7.80. The molecule has 0 aliphatic heterocycles. The molecule has 5 heteroatoms. The number of carbonyl (C=O) groups is 1. The normalized spacial score (nSPS) is 10.4. The van der Waals surface area contributed by atoms with Gasteiger partial charge in [-0.1, -0.05) is 35.9 Å². The van der Waals surface area contributed by atoms with E-state index in [-0.39, 0.29) is 5.91 Å². The maximum absolute atomic E-state index is 12.3. The summed E-state index contributed by atoms with van der Waals surface area (Å²) >= 11 is 4.34. The Bertz CT molecular complexity index is 924. The van der Waals surface area contributed by atoms with Gasteiger partial charge in [0.25, 0.3) is 5.91 Å². The first kappa shape index (κ1) is 18.0. The summed E-state index contributed by atoms with van der Waals surface area (Å²) in [5.41, 5.74) is 3.96. The van der Waals surface area contributed by atoms with E-state index in [9.17, 15) is 4.79 Å². The fraction of sp³-hybridized carbons (Fsp3) is 0.143. The summed E-state index contributed by atoms with van der Waals surface area (Å²) in [5, 5.41) is 2.92. The monoisotopic (exact) mass is 364 g/mol. The second-order valence-electron chi connectivity index (χ2n) is 6.07. The third kappa shape index (κ3) is 4.43. The summed E-state index contributed by atoms with van der Waals surface area (Å²) in [4.78, 5) is 17.2. The lowest BCUT2D eigenvalue weighted by Gasteiger charge is -2.10. The molecule has 0 saturated heterocycles. The van der Waals surface area contributed by atoms with E-state index in [2.05, 4.69) is 35.9 Å². The fourth-order valence-electron chi connectivity index (χ4n) is 2.55.